The first-order valence-electron chi connectivity index (χ1n) is 5.16. The summed E-state index contributed by atoms with van der Waals surface area (Å²) in [6.45, 7) is 0.618. The predicted molar refractivity (Wildman–Crippen MR) is 66.4 cm³/mol. The summed E-state index contributed by atoms with van der Waals surface area (Å²) in [4.78, 5) is 1.23. The van der Waals surface area contributed by atoms with Crippen molar-refractivity contribution in [1.29, 1.82) is 0 Å². The van der Waals surface area contributed by atoms with Crippen LogP contribution in [0, 0.1) is 0 Å². The van der Waals surface area contributed by atoms with Crippen molar-refractivity contribution in [3.05, 3.63) is 33.5 Å². The van der Waals surface area contributed by atoms with Gasteiger partial charge in [-0.15, -0.1) is 11.3 Å². The molecule has 0 saturated carbocycles. The highest BCUT2D eigenvalue weighted by atomic mass is 35.5. The summed E-state index contributed by atoms with van der Waals surface area (Å²) in [5.74, 6) is 0. The van der Waals surface area contributed by atoms with Crippen LogP contribution in [0.2, 0.25) is 4.34 Å². The summed E-state index contributed by atoms with van der Waals surface area (Å²) < 4.78 is 0.829. The molecule has 82 valence electrons. The smallest absolute Gasteiger partial charge is 0.0931 e. The zero-order valence-electron chi connectivity index (χ0n) is 8.45. The van der Waals surface area contributed by atoms with E-state index in [-0.39, 0.29) is 6.04 Å². The molecule has 15 heavy (non-hydrogen) atoms. The van der Waals surface area contributed by atoms with E-state index in [1.165, 1.54) is 4.88 Å². The normalized spacial score (nSPS) is 18.5. The molecule has 1 atom stereocenters. The zero-order valence-corrected chi connectivity index (χ0v) is 10.0. The van der Waals surface area contributed by atoms with E-state index in [1.54, 1.807) is 11.3 Å². The highest BCUT2D eigenvalue weighted by Gasteiger charge is 2.17. The van der Waals surface area contributed by atoms with Crippen LogP contribution in [0.1, 0.15) is 23.8 Å². The fourth-order valence-corrected chi connectivity index (χ4v) is 2.95. The van der Waals surface area contributed by atoms with Crippen molar-refractivity contribution < 1.29 is 0 Å². The van der Waals surface area contributed by atoms with Crippen molar-refractivity contribution in [2.45, 2.75) is 24.9 Å². The average Bonchev–Trinajstić information content (AvgIpc) is 2.85. The third-order valence-electron chi connectivity index (χ3n) is 2.62. The van der Waals surface area contributed by atoms with Crippen LogP contribution >= 0.6 is 22.9 Å². The number of hydrogen-bond acceptors (Lipinski definition) is 3. The molecule has 3 N–H and O–H groups in total. The molecule has 0 saturated heterocycles. The van der Waals surface area contributed by atoms with E-state index in [0.717, 1.165) is 17.2 Å². The Morgan fingerprint density at radius 2 is 2.20 bits per heavy atom. The lowest BCUT2D eigenvalue weighted by molar-refractivity contribution is 0.458. The first-order chi connectivity index (χ1) is 7.29. The Bertz CT molecular complexity index is 340. The highest BCUT2D eigenvalue weighted by molar-refractivity contribution is 7.16. The van der Waals surface area contributed by atoms with E-state index in [2.05, 4.69) is 23.5 Å². The van der Waals surface area contributed by atoms with E-state index in [4.69, 9.17) is 17.3 Å². The van der Waals surface area contributed by atoms with Gasteiger partial charge in [0, 0.05) is 17.5 Å². The average molecular weight is 243 g/mol. The van der Waals surface area contributed by atoms with Gasteiger partial charge in [-0.05, 0) is 25.0 Å². The van der Waals surface area contributed by atoms with Crippen LogP contribution in [0.5, 0.6) is 0 Å². The molecule has 0 amide bonds. The Morgan fingerprint density at radius 3 is 2.73 bits per heavy atom. The van der Waals surface area contributed by atoms with E-state index in [1.807, 2.05) is 6.07 Å². The lowest BCUT2D eigenvalue weighted by Gasteiger charge is -2.20. The van der Waals surface area contributed by atoms with Crippen molar-refractivity contribution in [3.63, 3.8) is 0 Å². The second-order valence-electron chi connectivity index (χ2n) is 3.74. The number of halogens is 1. The van der Waals surface area contributed by atoms with E-state index in [9.17, 15) is 0 Å². The maximum absolute atomic E-state index is 5.92. The molecule has 0 spiro atoms. The van der Waals surface area contributed by atoms with Gasteiger partial charge in [0.05, 0.1) is 10.4 Å². The molecule has 0 aromatic carbocycles. The topological polar surface area (TPSA) is 38.0 Å². The Labute approximate surface area is 99.1 Å². The predicted octanol–water partition coefficient (Wildman–Crippen LogP) is 2.71. The van der Waals surface area contributed by atoms with Gasteiger partial charge in [0.15, 0.2) is 0 Å². The fourth-order valence-electron chi connectivity index (χ4n) is 1.82. The molecule has 2 nitrogen and oxygen atoms in total. The molecule has 2 rings (SSSR count). The number of nitrogens with two attached hydrogens (primary N) is 1. The van der Waals surface area contributed by atoms with Crippen molar-refractivity contribution in [2.24, 2.45) is 5.73 Å². The fraction of sp³-hybridized carbons (Fsp3) is 0.455. The second kappa shape index (κ2) is 5.12. The second-order valence-corrected chi connectivity index (χ2v) is 5.48. The van der Waals surface area contributed by atoms with Crippen LogP contribution < -0.4 is 11.1 Å². The molecular formula is C11H15ClN2S. The van der Waals surface area contributed by atoms with Gasteiger partial charge in [0.2, 0.25) is 0 Å². The summed E-state index contributed by atoms with van der Waals surface area (Å²) >= 11 is 7.52. The first kappa shape index (κ1) is 11.1. The summed E-state index contributed by atoms with van der Waals surface area (Å²) in [6, 6.07) is 4.77. The van der Waals surface area contributed by atoms with Crippen LogP contribution in [0.25, 0.3) is 0 Å². The van der Waals surface area contributed by atoms with Gasteiger partial charge in [-0.1, -0.05) is 23.8 Å². The monoisotopic (exact) mass is 242 g/mol. The van der Waals surface area contributed by atoms with Crippen molar-refractivity contribution in [2.75, 3.05) is 6.54 Å². The zero-order chi connectivity index (χ0) is 10.7. The van der Waals surface area contributed by atoms with Crippen LogP contribution in [0.15, 0.2) is 24.3 Å². The van der Waals surface area contributed by atoms with E-state index in [0.29, 0.717) is 12.6 Å². The molecule has 1 aromatic heterocycles. The van der Waals surface area contributed by atoms with Crippen LogP contribution in [-0.2, 0) is 0 Å². The standard InChI is InChI=1S/C11H15ClN2S/c12-11-6-5-10(15-11)9(7-13)14-8-3-1-2-4-8/h1-2,5-6,8-9,14H,3-4,7,13H2. The number of nitrogens with one attached hydrogen (secondary N) is 1. The van der Waals surface area contributed by atoms with Gasteiger partial charge in [-0.2, -0.15) is 0 Å². The molecule has 1 heterocycles. The Morgan fingerprint density at radius 1 is 1.47 bits per heavy atom. The highest BCUT2D eigenvalue weighted by Crippen LogP contribution is 2.27. The van der Waals surface area contributed by atoms with Crippen molar-refractivity contribution in [3.8, 4) is 0 Å². The molecule has 1 aliphatic carbocycles. The van der Waals surface area contributed by atoms with Crippen LogP contribution in [0.4, 0.5) is 0 Å². The minimum absolute atomic E-state index is 0.243. The third-order valence-corrected chi connectivity index (χ3v) is 3.96. The molecule has 1 unspecified atom stereocenters. The summed E-state index contributed by atoms with van der Waals surface area (Å²) in [7, 11) is 0. The molecule has 0 radical (unpaired) electrons. The minimum Gasteiger partial charge on any atom is -0.329 e. The number of thiophene rings is 1. The Kier molecular flexibility index (Phi) is 3.81. The van der Waals surface area contributed by atoms with Crippen LogP contribution in [0.3, 0.4) is 0 Å². The molecule has 0 aliphatic heterocycles. The Balaban J connectivity index is 1.97. The van der Waals surface area contributed by atoms with E-state index >= 15 is 0 Å². The van der Waals surface area contributed by atoms with Crippen molar-refractivity contribution in [1.82, 2.24) is 5.32 Å². The summed E-state index contributed by atoms with van der Waals surface area (Å²) in [5.41, 5.74) is 5.77. The van der Waals surface area contributed by atoms with Gasteiger partial charge < -0.3 is 11.1 Å². The maximum Gasteiger partial charge on any atom is 0.0931 e. The lowest BCUT2D eigenvalue weighted by atomic mass is 10.1. The van der Waals surface area contributed by atoms with Gasteiger partial charge in [-0.25, -0.2) is 0 Å². The molecule has 0 bridgehead atoms. The third kappa shape index (κ3) is 2.82. The maximum atomic E-state index is 5.92. The van der Waals surface area contributed by atoms with Gasteiger partial charge >= 0.3 is 0 Å². The largest absolute Gasteiger partial charge is 0.329 e. The van der Waals surface area contributed by atoms with Crippen molar-refractivity contribution >= 4 is 22.9 Å². The molecule has 4 heteroatoms. The molecule has 0 fully saturated rings. The summed E-state index contributed by atoms with van der Waals surface area (Å²) in [6.07, 6.45) is 6.64. The summed E-state index contributed by atoms with van der Waals surface area (Å²) in [5, 5.41) is 3.56. The van der Waals surface area contributed by atoms with Gasteiger partial charge in [-0.3, -0.25) is 0 Å². The van der Waals surface area contributed by atoms with E-state index < -0.39 is 0 Å². The minimum atomic E-state index is 0.243. The molecular weight excluding hydrogens is 228 g/mol. The molecule has 1 aromatic rings. The van der Waals surface area contributed by atoms with Crippen LogP contribution in [-0.4, -0.2) is 12.6 Å². The SMILES string of the molecule is NCC(NC1CC=CC1)c1ccc(Cl)s1. The lowest BCUT2D eigenvalue weighted by Crippen LogP contribution is -2.34. The number of hydrogen-bond donors (Lipinski definition) is 2. The Hall–Kier alpha value is -0.350. The quantitative estimate of drug-likeness (QED) is 0.797. The number of rotatable bonds is 4. The van der Waals surface area contributed by atoms with Gasteiger partial charge in [0.25, 0.3) is 0 Å². The molecule has 1 aliphatic rings. The first-order valence-corrected chi connectivity index (χ1v) is 6.35. The van der Waals surface area contributed by atoms with Gasteiger partial charge in [0.1, 0.15) is 0 Å².